The Kier molecular flexibility index (Phi) is 3.29. The zero-order valence-corrected chi connectivity index (χ0v) is 11.2. The van der Waals surface area contributed by atoms with Crippen molar-refractivity contribution in [1.82, 2.24) is 9.80 Å². The summed E-state index contributed by atoms with van der Waals surface area (Å²) in [5, 5.41) is 0. The maximum Gasteiger partial charge on any atom is 0.253 e. The average Bonchev–Trinajstić information content (AvgIpc) is 3.17. The Morgan fingerprint density at radius 3 is 2.32 bits per heavy atom. The summed E-state index contributed by atoms with van der Waals surface area (Å²) in [6, 6.07) is 9.52. The van der Waals surface area contributed by atoms with Crippen LogP contribution in [-0.2, 0) is 0 Å². The fraction of sp³-hybridized carbons (Fsp3) is 0.533. The lowest BCUT2D eigenvalue weighted by molar-refractivity contribution is 0.0627. The number of carbonyl (C=O) groups is 1. The number of carbonyl (C=O) groups excluding carboxylic acids is 1. The Morgan fingerprint density at radius 2 is 1.74 bits per heavy atom. The van der Waals surface area contributed by atoms with Crippen LogP contribution >= 0.6 is 0 Å². The van der Waals surface area contributed by atoms with Crippen molar-refractivity contribution in [1.29, 1.82) is 0 Å². The molecule has 1 saturated carbocycles. The fourth-order valence-corrected chi connectivity index (χ4v) is 2.64. The normalized spacial score (nSPS) is 22.3. The molecule has 1 aliphatic carbocycles. The Balaban J connectivity index is 1.54. The largest absolute Gasteiger partial charge is 0.336 e. The summed E-state index contributed by atoms with van der Waals surface area (Å²) < 4.78 is 0. The van der Waals surface area contributed by atoms with Crippen LogP contribution in [0.4, 0.5) is 0 Å². The zero-order valence-electron chi connectivity index (χ0n) is 11.2. The predicted molar refractivity (Wildman–Crippen MR) is 74.9 cm³/mol. The molecule has 0 atom stereocenters. The van der Waals surface area contributed by atoms with E-state index in [-0.39, 0.29) is 11.4 Å². The molecule has 0 bridgehead atoms. The van der Waals surface area contributed by atoms with Crippen molar-refractivity contribution in [3.05, 3.63) is 35.9 Å². The Morgan fingerprint density at radius 1 is 1.11 bits per heavy atom. The highest BCUT2D eigenvalue weighted by Crippen LogP contribution is 2.33. The lowest BCUT2D eigenvalue weighted by Crippen LogP contribution is -2.52. The fourth-order valence-electron chi connectivity index (χ4n) is 2.64. The van der Waals surface area contributed by atoms with Gasteiger partial charge in [-0.05, 0) is 25.0 Å². The minimum absolute atomic E-state index is 0.0750. The van der Waals surface area contributed by atoms with E-state index in [4.69, 9.17) is 5.73 Å². The molecule has 1 aliphatic heterocycles. The highest BCUT2D eigenvalue weighted by molar-refractivity contribution is 5.94. The van der Waals surface area contributed by atoms with Gasteiger partial charge in [-0.2, -0.15) is 0 Å². The van der Waals surface area contributed by atoms with E-state index in [1.165, 1.54) is 0 Å². The molecule has 0 radical (unpaired) electrons. The summed E-state index contributed by atoms with van der Waals surface area (Å²) in [5.41, 5.74) is 7.00. The van der Waals surface area contributed by atoms with E-state index >= 15 is 0 Å². The topological polar surface area (TPSA) is 49.6 Å². The summed E-state index contributed by atoms with van der Waals surface area (Å²) >= 11 is 0. The lowest BCUT2D eigenvalue weighted by atomic mass is 10.1. The first kappa shape index (κ1) is 12.6. The molecule has 0 aromatic heterocycles. The van der Waals surface area contributed by atoms with Crippen LogP contribution in [0, 0.1) is 0 Å². The van der Waals surface area contributed by atoms with Crippen LogP contribution < -0.4 is 5.73 Å². The van der Waals surface area contributed by atoms with Crippen molar-refractivity contribution in [2.24, 2.45) is 5.73 Å². The Labute approximate surface area is 114 Å². The van der Waals surface area contributed by atoms with Gasteiger partial charge in [0.25, 0.3) is 5.91 Å². The third kappa shape index (κ3) is 2.96. The molecule has 2 aliphatic rings. The van der Waals surface area contributed by atoms with Gasteiger partial charge < -0.3 is 10.6 Å². The molecule has 2 fully saturated rings. The van der Waals surface area contributed by atoms with Crippen LogP contribution in [-0.4, -0.2) is 54.0 Å². The van der Waals surface area contributed by atoms with E-state index in [2.05, 4.69) is 4.90 Å². The summed E-state index contributed by atoms with van der Waals surface area (Å²) in [6.07, 6.45) is 2.30. The molecule has 1 heterocycles. The molecular weight excluding hydrogens is 238 g/mol. The number of hydrogen-bond acceptors (Lipinski definition) is 3. The van der Waals surface area contributed by atoms with Gasteiger partial charge in [0.1, 0.15) is 0 Å². The molecule has 1 amide bonds. The molecule has 4 nitrogen and oxygen atoms in total. The number of amides is 1. The highest BCUT2D eigenvalue weighted by Gasteiger charge is 2.40. The van der Waals surface area contributed by atoms with E-state index in [1.807, 2.05) is 35.2 Å². The third-order valence-electron chi connectivity index (χ3n) is 4.11. The number of nitrogens with two attached hydrogens (primary N) is 1. The number of benzene rings is 1. The number of nitrogens with zero attached hydrogens (tertiary/aromatic N) is 2. The molecule has 1 saturated heterocycles. The minimum Gasteiger partial charge on any atom is -0.336 e. The molecule has 102 valence electrons. The number of piperazine rings is 1. The van der Waals surface area contributed by atoms with Gasteiger partial charge in [-0.1, -0.05) is 18.2 Å². The molecule has 3 rings (SSSR count). The number of hydrogen-bond donors (Lipinski definition) is 1. The summed E-state index contributed by atoms with van der Waals surface area (Å²) in [6.45, 7) is 4.49. The first-order chi connectivity index (χ1) is 9.16. The molecule has 2 N–H and O–H groups in total. The first-order valence-electron chi connectivity index (χ1n) is 7.02. The van der Waals surface area contributed by atoms with Crippen molar-refractivity contribution >= 4 is 5.91 Å². The van der Waals surface area contributed by atoms with Gasteiger partial charge in [0.05, 0.1) is 0 Å². The van der Waals surface area contributed by atoms with Crippen LogP contribution in [0.25, 0.3) is 0 Å². The predicted octanol–water partition coefficient (Wildman–Crippen LogP) is 0.936. The van der Waals surface area contributed by atoms with Gasteiger partial charge in [0, 0.05) is 43.8 Å². The van der Waals surface area contributed by atoms with Crippen molar-refractivity contribution in [2.75, 3.05) is 32.7 Å². The first-order valence-corrected chi connectivity index (χ1v) is 7.02. The standard InChI is InChI=1S/C15H21N3O/c16-15(6-7-15)12-17-8-10-18(11-9-17)14(19)13-4-2-1-3-5-13/h1-5H,6-12,16H2. The van der Waals surface area contributed by atoms with Crippen LogP contribution in [0.5, 0.6) is 0 Å². The average molecular weight is 259 g/mol. The molecule has 0 spiro atoms. The van der Waals surface area contributed by atoms with Crippen molar-refractivity contribution in [2.45, 2.75) is 18.4 Å². The van der Waals surface area contributed by atoms with Crippen LogP contribution in [0.15, 0.2) is 30.3 Å². The van der Waals surface area contributed by atoms with Gasteiger partial charge in [-0.3, -0.25) is 9.69 Å². The van der Waals surface area contributed by atoms with Gasteiger partial charge in [-0.15, -0.1) is 0 Å². The maximum absolute atomic E-state index is 12.3. The zero-order chi connectivity index (χ0) is 13.3. The van der Waals surface area contributed by atoms with Crippen molar-refractivity contribution < 1.29 is 4.79 Å². The highest BCUT2D eigenvalue weighted by atomic mass is 16.2. The summed E-state index contributed by atoms with van der Waals surface area (Å²) in [4.78, 5) is 16.6. The molecule has 4 heteroatoms. The lowest BCUT2D eigenvalue weighted by Gasteiger charge is -2.36. The smallest absolute Gasteiger partial charge is 0.253 e. The van der Waals surface area contributed by atoms with Crippen LogP contribution in [0.2, 0.25) is 0 Å². The Hall–Kier alpha value is -1.39. The van der Waals surface area contributed by atoms with Crippen LogP contribution in [0.3, 0.4) is 0 Å². The summed E-state index contributed by atoms with van der Waals surface area (Å²) in [5.74, 6) is 0.147. The second-order valence-electron chi connectivity index (χ2n) is 5.80. The Bertz CT molecular complexity index is 448. The van der Waals surface area contributed by atoms with E-state index in [0.29, 0.717) is 0 Å². The van der Waals surface area contributed by atoms with Gasteiger partial charge in [0.2, 0.25) is 0 Å². The maximum atomic E-state index is 12.3. The van der Waals surface area contributed by atoms with E-state index in [1.54, 1.807) is 0 Å². The minimum atomic E-state index is 0.0750. The quantitative estimate of drug-likeness (QED) is 0.878. The second kappa shape index (κ2) is 4.94. The van der Waals surface area contributed by atoms with Crippen molar-refractivity contribution in [3.63, 3.8) is 0 Å². The van der Waals surface area contributed by atoms with Gasteiger partial charge in [-0.25, -0.2) is 0 Å². The second-order valence-corrected chi connectivity index (χ2v) is 5.80. The number of rotatable bonds is 3. The SMILES string of the molecule is NC1(CN2CCN(C(=O)c3ccccc3)CC2)CC1. The van der Waals surface area contributed by atoms with E-state index in [0.717, 1.165) is 51.1 Å². The van der Waals surface area contributed by atoms with Gasteiger partial charge >= 0.3 is 0 Å². The monoisotopic (exact) mass is 259 g/mol. The van der Waals surface area contributed by atoms with Crippen LogP contribution in [0.1, 0.15) is 23.2 Å². The molecule has 19 heavy (non-hydrogen) atoms. The van der Waals surface area contributed by atoms with E-state index in [9.17, 15) is 4.79 Å². The molecule has 1 aromatic rings. The van der Waals surface area contributed by atoms with E-state index < -0.39 is 0 Å². The summed E-state index contributed by atoms with van der Waals surface area (Å²) in [7, 11) is 0. The van der Waals surface area contributed by atoms with Crippen molar-refractivity contribution in [3.8, 4) is 0 Å². The third-order valence-corrected chi connectivity index (χ3v) is 4.11. The molecule has 1 aromatic carbocycles. The van der Waals surface area contributed by atoms with Gasteiger partial charge in [0.15, 0.2) is 0 Å². The molecular formula is C15H21N3O. The molecule has 0 unspecified atom stereocenters.